The zero-order chi connectivity index (χ0) is 15.4. The molecule has 1 aromatic rings. The van der Waals surface area contributed by atoms with Crippen molar-refractivity contribution in [3.8, 4) is 0 Å². The molecule has 0 aromatic heterocycles. The molecule has 0 aliphatic carbocycles. The van der Waals surface area contributed by atoms with Gasteiger partial charge in [0.05, 0.1) is 11.3 Å². The molecule has 2 rings (SSSR count). The van der Waals surface area contributed by atoms with Gasteiger partial charge in [0.15, 0.2) is 0 Å². The Morgan fingerprint density at radius 1 is 1.33 bits per heavy atom. The fourth-order valence-electron chi connectivity index (χ4n) is 2.17. The van der Waals surface area contributed by atoms with Gasteiger partial charge in [-0.3, -0.25) is 4.79 Å². The largest absolute Gasteiger partial charge is 0.478 e. The molecule has 1 aliphatic rings. The lowest BCUT2D eigenvalue weighted by Crippen LogP contribution is -2.37. The van der Waals surface area contributed by atoms with Crippen LogP contribution in [0, 0.1) is 6.92 Å². The maximum absolute atomic E-state index is 12.2. The lowest BCUT2D eigenvalue weighted by molar-refractivity contribution is -0.120. The van der Waals surface area contributed by atoms with E-state index >= 15 is 0 Å². The lowest BCUT2D eigenvalue weighted by Gasteiger charge is -2.21. The summed E-state index contributed by atoms with van der Waals surface area (Å²) in [5, 5.41) is 14.5. The van der Waals surface area contributed by atoms with Gasteiger partial charge in [-0.05, 0) is 18.6 Å². The quantitative estimate of drug-likeness (QED) is 0.758. The van der Waals surface area contributed by atoms with Gasteiger partial charge in [0.2, 0.25) is 5.91 Å². The van der Waals surface area contributed by atoms with Crippen molar-refractivity contribution >= 4 is 23.6 Å². The molecular weight excluding hydrogens is 274 g/mol. The van der Waals surface area contributed by atoms with E-state index in [9.17, 15) is 19.5 Å². The van der Waals surface area contributed by atoms with E-state index in [0.717, 1.165) is 0 Å². The number of urea groups is 1. The first-order chi connectivity index (χ1) is 9.99. The molecule has 112 valence electrons. The first-order valence-electron chi connectivity index (χ1n) is 6.64. The summed E-state index contributed by atoms with van der Waals surface area (Å²) < 4.78 is 0. The van der Waals surface area contributed by atoms with E-state index in [1.807, 2.05) is 0 Å². The van der Waals surface area contributed by atoms with Crippen molar-refractivity contribution in [2.75, 3.05) is 25.0 Å². The Bertz CT molecular complexity index is 586. The summed E-state index contributed by atoms with van der Waals surface area (Å²) in [4.78, 5) is 36.2. The molecule has 0 atom stereocenters. The average molecular weight is 291 g/mol. The van der Waals surface area contributed by atoms with Crippen molar-refractivity contribution in [2.45, 2.75) is 13.3 Å². The zero-order valence-electron chi connectivity index (χ0n) is 11.7. The van der Waals surface area contributed by atoms with E-state index in [0.29, 0.717) is 30.9 Å². The Hall–Kier alpha value is -2.57. The van der Waals surface area contributed by atoms with Crippen LogP contribution in [0.1, 0.15) is 22.3 Å². The van der Waals surface area contributed by atoms with E-state index in [1.165, 1.54) is 11.0 Å². The van der Waals surface area contributed by atoms with Crippen LogP contribution in [0.4, 0.5) is 10.5 Å². The number of carboxylic acids is 1. The van der Waals surface area contributed by atoms with E-state index in [1.54, 1.807) is 19.1 Å². The number of rotatable bonds is 2. The first kappa shape index (κ1) is 14.8. The Kier molecular flexibility index (Phi) is 4.42. The molecule has 0 radical (unpaired) electrons. The highest BCUT2D eigenvalue weighted by Crippen LogP contribution is 2.21. The van der Waals surface area contributed by atoms with Crippen LogP contribution < -0.4 is 10.6 Å². The van der Waals surface area contributed by atoms with Crippen molar-refractivity contribution in [2.24, 2.45) is 0 Å². The second-order valence-electron chi connectivity index (χ2n) is 4.82. The van der Waals surface area contributed by atoms with Crippen molar-refractivity contribution in [3.63, 3.8) is 0 Å². The summed E-state index contributed by atoms with van der Waals surface area (Å²) in [6.45, 7) is 2.83. The molecule has 0 spiro atoms. The number of aryl methyl sites for hydroxylation is 1. The van der Waals surface area contributed by atoms with Crippen LogP contribution in [0.15, 0.2) is 18.2 Å². The van der Waals surface area contributed by atoms with Gasteiger partial charge in [-0.1, -0.05) is 12.1 Å². The third-order valence-corrected chi connectivity index (χ3v) is 3.34. The molecule has 0 unspecified atom stereocenters. The van der Waals surface area contributed by atoms with Crippen LogP contribution in [0.3, 0.4) is 0 Å². The minimum absolute atomic E-state index is 0.0485. The number of nitrogens with one attached hydrogen (secondary N) is 2. The first-order valence-corrected chi connectivity index (χ1v) is 6.64. The van der Waals surface area contributed by atoms with E-state index in [2.05, 4.69) is 10.6 Å². The molecule has 1 saturated heterocycles. The van der Waals surface area contributed by atoms with Crippen molar-refractivity contribution < 1.29 is 19.5 Å². The van der Waals surface area contributed by atoms with Crippen LogP contribution >= 0.6 is 0 Å². The molecule has 21 heavy (non-hydrogen) atoms. The zero-order valence-corrected chi connectivity index (χ0v) is 11.7. The Labute approximate surface area is 121 Å². The van der Waals surface area contributed by atoms with Crippen LogP contribution in [-0.4, -0.2) is 47.5 Å². The monoisotopic (exact) mass is 291 g/mol. The van der Waals surface area contributed by atoms with E-state index < -0.39 is 12.0 Å². The highest BCUT2D eigenvalue weighted by atomic mass is 16.4. The summed E-state index contributed by atoms with van der Waals surface area (Å²) in [7, 11) is 0. The van der Waals surface area contributed by atoms with Crippen LogP contribution in [-0.2, 0) is 4.79 Å². The number of carbonyl (C=O) groups is 3. The number of hydrogen-bond acceptors (Lipinski definition) is 3. The van der Waals surface area contributed by atoms with Gasteiger partial charge in [0, 0.05) is 26.1 Å². The number of aromatic carboxylic acids is 1. The molecule has 7 nitrogen and oxygen atoms in total. The molecular formula is C14H17N3O4. The minimum atomic E-state index is -1.10. The molecule has 1 fully saturated rings. The fourth-order valence-corrected chi connectivity index (χ4v) is 2.17. The lowest BCUT2D eigenvalue weighted by atomic mass is 10.1. The highest BCUT2D eigenvalue weighted by molar-refractivity contribution is 6.01. The number of carboxylic acid groups (broad SMARTS) is 1. The molecule has 7 heteroatoms. The number of amides is 3. The van der Waals surface area contributed by atoms with E-state index in [4.69, 9.17) is 0 Å². The Morgan fingerprint density at radius 3 is 2.81 bits per heavy atom. The van der Waals surface area contributed by atoms with Gasteiger partial charge in [-0.2, -0.15) is 0 Å². The van der Waals surface area contributed by atoms with E-state index in [-0.39, 0.29) is 17.9 Å². The maximum Gasteiger partial charge on any atom is 0.337 e. The second kappa shape index (κ2) is 6.25. The number of benzene rings is 1. The molecule has 1 aromatic carbocycles. The summed E-state index contributed by atoms with van der Waals surface area (Å²) in [5.74, 6) is -1.19. The SMILES string of the molecule is Cc1cccc(C(=O)O)c1NC(=O)N1CCNC(=O)CC1. The van der Waals surface area contributed by atoms with Crippen LogP contribution in [0.25, 0.3) is 0 Å². The molecule has 1 aliphatic heterocycles. The smallest absolute Gasteiger partial charge is 0.337 e. The number of anilines is 1. The van der Waals surface area contributed by atoms with Gasteiger partial charge in [-0.15, -0.1) is 0 Å². The molecule has 3 N–H and O–H groups in total. The predicted octanol–water partition coefficient (Wildman–Crippen LogP) is 1.05. The standard InChI is InChI=1S/C14H17N3O4/c1-9-3-2-4-10(13(19)20)12(9)16-14(21)17-7-5-11(18)15-6-8-17/h2-4H,5-8H2,1H3,(H,15,18)(H,16,21)(H,19,20). The third-order valence-electron chi connectivity index (χ3n) is 3.34. The normalized spacial score (nSPS) is 15.1. The highest BCUT2D eigenvalue weighted by Gasteiger charge is 2.21. The topological polar surface area (TPSA) is 98.7 Å². The molecule has 0 saturated carbocycles. The second-order valence-corrected chi connectivity index (χ2v) is 4.82. The number of nitrogens with zero attached hydrogens (tertiary/aromatic N) is 1. The molecule has 1 heterocycles. The maximum atomic E-state index is 12.2. The van der Waals surface area contributed by atoms with Crippen molar-refractivity contribution in [1.29, 1.82) is 0 Å². The van der Waals surface area contributed by atoms with Crippen LogP contribution in [0.2, 0.25) is 0 Å². The minimum Gasteiger partial charge on any atom is -0.478 e. The summed E-state index contributed by atoms with van der Waals surface area (Å²) in [6.07, 6.45) is 0.243. The predicted molar refractivity (Wildman–Crippen MR) is 76.4 cm³/mol. The van der Waals surface area contributed by atoms with Gasteiger partial charge in [-0.25, -0.2) is 9.59 Å². The summed E-state index contributed by atoms with van der Waals surface area (Å²) in [5.41, 5.74) is 1.01. The van der Waals surface area contributed by atoms with Gasteiger partial charge in [0.25, 0.3) is 0 Å². The van der Waals surface area contributed by atoms with Gasteiger partial charge in [0.1, 0.15) is 0 Å². The molecule has 0 bridgehead atoms. The number of para-hydroxylation sites is 1. The third kappa shape index (κ3) is 3.50. The summed E-state index contributed by atoms with van der Waals surface area (Å²) >= 11 is 0. The molecule has 3 amide bonds. The number of hydrogen-bond donors (Lipinski definition) is 3. The average Bonchev–Trinajstić information content (AvgIpc) is 2.65. The van der Waals surface area contributed by atoms with Gasteiger partial charge >= 0.3 is 12.0 Å². The van der Waals surface area contributed by atoms with Gasteiger partial charge < -0.3 is 20.6 Å². The Balaban J connectivity index is 2.16. The fraction of sp³-hybridized carbons (Fsp3) is 0.357. The summed E-state index contributed by atoms with van der Waals surface area (Å²) in [6, 6.07) is 4.40. The van der Waals surface area contributed by atoms with Crippen molar-refractivity contribution in [1.82, 2.24) is 10.2 Å². The van der Waals surface area contributed by atoms with Crippen molar-refractivity contribution in [3.05, 3.63) is 29.3 Å². The van der Waals surface area contributed by atoms with Crippen LogP contribution in [0.5, 0.6) is 0 Å². The Morgan fingerprint density at radius 2 is 2.10 bits per heavy atom. The number of carbonyl (C=O) groups excluding carboxylic acids is 2.